The zero-order valence-electron chi connectivity index (χ0n) is 15.0. The maximum absolute atomic E-state index is 12.8. The van der Waals surface area contributed by atoms with Crippen LogP contribution in [0.3, 0.4) is 0 Å². The number of amides is 1. The van der Waals surface area contributed by atoms with Gasteiger partial charge in [-0.2, -0.15) is 0 Å². The fraction of sp³-hybridized carbons (Fsp3) is 0.611. The summed E-state index contributed by atoms with van der Waals surface area (Å²) in [5.41, 5.74) is 0.474. The average molecular weight is 350 g/mol. The number of carbonyl (C=O) groups excluding carboxylic acids is 1. The molecular formula is C18H26N2O5. The van der Waals surface area contributed by atoms with Crippen LogP contribution >= 0.6 is 0 Å². The number of nitrogens with zero attached hydrogens (tertiary/aromatic N) is 1. The molecule has 2 fully saturated rings. The van der Waals surface area contributed by atoms with Crippen LogP contribution in [0.15, 0.2) is 12.1 Å². The second kappa shape index (κ2) is 7.93. The zero-order chi connectivity index (χ0) is 17.8. The van der Waals surface area contributed by atoms with Crippen LogP contribution in [0.4, 0.5) is 0 Å². The number of rotatable bonds is 6. The van der Waals surface area contributed by atoms with Gasteiger partial charge in [-0.1, -0.05) is 0 Å². The second-order valence-corrected chi connectivity index (χ2v) is 6.34. The Balaban J connectivity index is 1.76. The Morgan fingerprint density at radius 1 is 1.08 bits per heavy atom. The topological polar surface area (TPSA) is 69.3 Å². The summed E-state index contributed by atoms with van der Waals surface area (Å²) in [4.78, 5) is 15.2. The Kier molecular flexibility index (Phi) is 5.65. The van der Waals surface area contributed by atoms with Gasteiger partial charge in [-0.25, -0.2) is 0 Å². The quantitative estimate of drug-likeness (QED) is 0.834. The van der Waals surface area contributed by atoms with Crippen LogP contribution in [0.1, 0.15) is 23.2 Å². The summed E-state index contributed by atoms with van der Waals surface area (Å²) in [6.07, 6.45) is 2.42. The van der Waals surface area contributed by atoms with E-state index in [9.17, 15) is 4.79 Å². The van der Waals surface area contributed by atoms with Crippen molar-refractivity contribution in [3.63, 3.8) is 0 Å². The third-order valence-electron chi connectivity index (χ3n) is 4.90. The Bertz CT molecular complexity index is 590. The minimum Gasteiger partial charge on any atom is -0.493 e. The number of nitrogens with one attached hydrogen (secondary N) is 1. The molecule has 1 amide bonds. The van der Waals surface area contributed by atoms with Crippen LogP contribution in [0, 0.1) is 0 Å². The highest BCUT2D eigenvalue weighted by Crippen LogP contribution is 2.38. The standard InChI is InChI=1S/C18H26N2O5/c1-22-15-8-12(9-16(23-2)17(15)24-3)18(21)19-13-10-25-11-14(13)20-6-4-5-7-20/h8-9,13-14H,4-7,10-11H2,1-3H3,(H,19,21)/t13-,14-/m0/s1. The molecule has 138 valence electrons. The zero-order valence-corrected chi connectivity index (χ0v) is 15.0. The molecule has 1 aromatic rings. The number of ether oxygens (including phenoxy) is 4. The summed E-state index contributed by atoms with van der Waals surface area (Å²) in [7, 11) is 4.61. The van der Waals surface area contributed by atoms with Gasteiger partial charge in [0.25, 0.3) is 5.91 Å². The molecule has 1 aromatic carbocycles. The van der Waals surface area contributed by atoms with Crippen LogP contribution in [0.2, 0.25) is 0 Å². The first kappa shape index (κ1) is 17.8. The van der Waals surface area contributed by atoms with Crippen molar-refractivity contribution in [3.8, 4) is 17.2 Å². The van der Waals surface area contributed by atoms with Gasteiger partial charge in [0.15, 0.2) is 11.5 Å². The SMILES string of the molecule is COc1cc(C(=O)N[C@H]2COC[C@@H]2N2CCCC2)cc(OC)c1OC. The molecule has 0 saturated carbocycles. The lowest BCUT2D eigenvalue weighted by molar-refractivity contribution is 0.0916. The lowest BCUT2D eigenvalue weighted by Crippen LogP contribution is -2.50. The fourth-order valence-corrected chi connectivity index (χ4v) is 3.58. The van der Waals surface area contributed by atoms with Crippen molar-refractivity contribution in [1.29, 1.82) is 0 Å². The van der Waals surface area contributed by atoms with E-state index >= 15 is 0 Å². The molecule has 2 atom stereocenters. The van der Waals surface area contributed by atoms with Gasteiger partial charge in [-0.05, 0) is 38.1 Å². The van der Waals surface area contributed by atoms with Crippen LogP contribution in [0.25, 0.3) is 0 Å². The summed E-state index contributed by atoms with van der Waals surface area (Å²) in [5, 5.41) is 3.10. The van der Waals surface area contributed by atoms with Crippen molar-refractivity contribution >= 4 is 5.91 Å². The number of carbonyl (C=O) groups is 1. The molecule has 3 rings (SSSR count). The fourth-order valence-electron chi connectivity index (χ4n) is 3.58. The Morgan fingerprint density at radius 3 is 2.28 bits per heavy atom. The third-order valence-corrected chi connectivity index (χ3v) is 4.90. The molecule has 25 heavy (non-hydrogen) atoms. The number of hydrogen-bond donors (Lipinski definition) is 1. The van der Waals surface area contributed by atoms with Crippen LogP contribution in [0.5, 0.6) is 17.2 Å². The Morgan fingerprint density at radius 2 is 1.72 bits per heavy atom. The first-order chi connectivity index (χ1) is 12.2. The maximum Gasteiger partial charge on any atom is 0.251 e. The number of likely N-dealkylation sites (tertiary alicyclic amines) is 1. The van der Waals surface area contributed by atoms with E-state index < -0.39 is 0 Å². The van der Waals surface area contributed by atoms with Gasteiger partial charge in [-0.15, -0.1) is 0 Å². The Labute approximate surface area is 148 Å². The predicted octanol–water partition coefficient (Wildman–Crippen LogP) is 1.31. The second-order valence-electron chi connectivity index (χ2n) is 6.34. The smallest absolute Gasteiger partial charge is 0.251 e. The first-order valence-corrected chi connectivity index (χ1v) is 8.60. The molecule has 0 aliphatic carbocycles. The van der Waals surface area contributed by atoms with Gasteiger partial charge < -0.3 is 24.3 Å². The van der Waals surface area contributed by atoms with Crippen molar-refractivity contribution in [3.05, 3.63) is 17.7 Å². The monoisotopic (exact) mass is 350 g/mol. The summed E-state index contributed by atoms with van der Waals surface area (Å²) >= 11 is 0. The molecule has 1 N–H and O–H groups in total. The first-order valence-electron chi connectivity index (χ1n) is 8.60. The molecule has 7 heteroatoms. The molecule has 7 nitrogen and oxygen atoms in total. The molecule has 0 spiro atoms. The van der Waals surface area contributed by atoms with Gasteiger partial charge in [0.1, 0.15) is 0 Å². The number of methoxy groups -OCH3 is 3. The third kappa shape index (κ3) is 3.67. The summed E-state index contributed by atoms with van der Waals surface area (Å²) in [5.74, 6) is 1.23. The van der Waals surface area contributed by atoms with Crippen molar-refractivity contribution in [1.82, 2.24) is 10.2 Å². The molecule has 2 aliphatic heterocycles. The van der Waals surface area contributed by atoms with Crippen molar-refractivity contribution < 1.29 is 23.7 Å². The summed E-state index contributed by atoms with van der Waals surface area (Å²) in [6.45, 7) is 3.35. The maximum atomic E-state index is 12.8. The largest absolute Gasteiger partial charge is 0.493 e. The minimum atomic E-state index is -0.168. The van der Waals surface area contributed by atoms with Gasteiger partial charge in [0, 0.05) is 5.56 Å². The van der Waals surface area contributed by atoms with Crippen LogP contribution in [-0.4, -0.2) is 70.5 Å². The Hall–Kier alpha value is -1.99. The van der Waals surface area contributed by atoms with Crippen LogP contribution in [-0.2, 0) is 4.74 Å². The lowest BCUT2D eigenvalue weighted by atomic mass is 10.1. The molecule has 2 heterocycles. The highest BCUT2D eigenvalue weighted by molar-refractivity contribution is 5.96. The molecule has 2 saturated heterocycles. The minimum absolute atomic E-state index is 0.00954. The lowest BCUT2D eigenvalue weighted by Gasteiger charge is -2.28. The predicted molar refractivity (Wildman–Crippen MR) is 92.8 cm³/mol. The van der Waals surface area contributed by atoms with Crippen molar-refractivity contribution in [2.24, 2.45) is 0 Å². The van der Waals surface area contributed by atoms with Gasteiger partial charge in [-0.3, -0.25) is 9.69 Å². The van der Waals surface area contributed by atoms with E-state index in [1.54, 1.807) is 12.1 Å². The van der Waals surface area contributed by atoms with Gasteiger partial charge in [0.2, 0.25) is 5.75 Å². The molecule has 0 aromatic heterocycles. The van der Waals surface area contributed by atoms with E-state index in [1.807, 2.05) is 0 Å². The van der Waals surface area contributed by atoms with E-state index in [1.165, 1.54) is 34.2 Å². The molecule has 0 bridgehead atoms. The summed E-state index contributed by atoms with van der Waals surface area (Å²) < 4.78 is 21.6. The van der Waals surface area contributed by atoms with E-state index in [0.29, 0.717) is 36.0 Å². The van der Waals surface area contributed by atoms with E-state index in [0.717, 1.165) is 13.1 Å². The van der Waals surface area contributed by atoms with E-state index in [4.69, 9.17) is 18.9 Å². The normalized spacial score (nSPS) is 23.5. The molecule has 0 unspecified atom stereocenters. The van der Waals surface area contributed by atoms with E-state index in [-0.39, 0.29) is 18.0 Å². The van der Waals surface area contributed by atoms with Crippen molar-refractivity contribution in [2.45, 2.75) is 24.9 Å². The highest BCUT2D eigenvalue weighted by atomic mass is 16.5. The van der Waals surface area contributed by atoms with Crippen LogP contribution < -0.4 is 19.5 Å². The summed E-state index contributed by atoms with van der Waals surface area (Å²) in [6, 6.07) is 3.56. The number of benzene rings is 1. The van der Waals surface area contributed by atoms with Crippen molar-refractivity contribution in [2.75, 3.05) is 47.6 Å². The molecule has 2 aliphatic rings. The number of hydrogen-bond acceptors (Lipinski definition) is 6. The van der Waals surface area contributed by atoms with Gasteiger partial charge >= 0.3 is 0 Å². The average Bonchev–Trinajstić information content (AvgIpc) is 3.31. The molecule has 0 radical (unpaired) electrons. The highest BCUT2D eigenvalue weighted by Gasteiger charge is 2.35. The van der Waals surface area contributed by atoms with E-state index in [2.05, 4.69) is 10.2 Å². The van der Waals surface area contributed by atoms with Gasteiger partial charge in [0.05, 0.1) is 46.6 Å². The molecular weight excluding hydrogens is 324 g/mol.